The zero-order chi connectivity index (χ0) is 15.1. The lowest BCUT2D eigenvalue weighted by Crippen LogP contribution is -2.38. The van der Waals surface area contributed by atoms with Crippen molar-refractivity contribution in [3.8, 4) is 0 Å². The van der Waals surface area contributed by atoms with Crippen LogP contribution in [0.25, 0.3) is 0 Å². The molecule has 0 heterocycles. The molecule has 1 atom stereocenters. The Hall–Kier alpha value is -1.64. The molecule has 0 unspecified atom stereocenters. The normalized spacial score (nSPS) is 25.1. The Bertz CT molecular complexity index is 631. The quantitative estimate of drug-likeness (QED) is 0.854. The molecule has 3 aliphatic carbocycles. The van der Waals surface area contributed by atoms with E-state index < -0.39 is 0 Å². The summed E-state index contributed by atoms with van der Waals surface area (Å²) in [5.74, 6) is 0.904. The van der Waals surface area contributed by atoms with Crippen LogP contribution >= 0.6 is 0 Å². The topological polar surface area (TPSA) is 12.5 Å². The van der Waals surface area contributed by atoms with Crippen molar-refractivity contribution in [2.24, 2.45) is 0 Å². The van der Waals surface area contributed by atoms with Gasteiger partial charge in [0, 0.05) is 18.4 Å². The summed E-state index contributed by atoms with van der Waals surface area (Å²) < 4.78 is 6.30. The number of hydrogen-bond donors (Lipinski definition) is 0. The van der Waals surface area contributed by atoms with Crippen molar-refractivity contribution in [1.29, 1.82) is 0 Å². The van der Waals surface area contributed by atoms with E-state index in [1.807, 2.05) is 0 Å². The minimum atomic E-state index is 0.315. The van der Waals surface area contributed by atoms with Gasteiger partial charge in [-0.3, -0.25) is 0 Å². The van der Waals surface area contributed by atoms with Crippen molar-refractivity contribution in [2.75, 3.05) is 27.2 Å². The Morgan fingerprint density at radius 2 is 1.45 bits per heavy atom. The standard InChI is InChI=1S/C20H23NO/c1-21(2)11-12-22-19-13-18-14-7-3-5-9-16(14)20(19)17-10-6-4-8-15(17)18/h3-10,18-20H,11-13H2,1-2H3/t18?,19-,20?/m0/s1. The highest BCUT2D eigenvalue weighted by Crippen LogP contribution is 2.53. The molecule has 22 heavy (non-hydrogen) atoms. The van der Waals surface area contributed by atoms with Crippen molar-refractivity contribution in [2.45, 2.75) is 24.4 Å². The van der Waals surface area contributed by atoms with E-state index in [0.29, 0.717) is 17.9 Å². The fourth-order valence-corrected chi connectivity index (χ4v) is 4.13. The fourth-order valence-electron chi connectivity index (χ4n) is 4.13. The zero-order valence-corrected chi connectivity index (χ0v) is 13.3. The molecule has 2 aromatic rings. The summed E-state index contributed by atoms with van der Waals surface area (Å²) in [6.07, 6.45) is 1.43. The van der Waals surface area contributed by atoms with Gasteiger partial charge in [-0.15, -0.1) is 0 Å². The number of hydrogen-bond acceptors (Lipinski definition) is 2. The third-order valence-corrected chi connectivity index (χ3v) is 5.12. The van der Waals surface area contributed by atoms with Crippen LogP contribution in [-0.4, -0.2) is 38.3 Å². The number of likely N-dealkylation sites (N-methyl/N-ethyl adjacent to an activating group) is 1. The molecule has 5 rings (SSSR count). The van der Waals surface area contributed by atoms with Gasteiger partial charge in [0.25, 0.3) is 0 Å². The first-order valence-corrected chi connectivity index (χ1v) is 8.19. The van der Waals surface area contributed by atoms with Gasteiger partial charge in [0.2, 0.25) is 0 Å². The van der Waals surface area contributed by atoms with Gasteiger partial charge in [-0.2, -0.15) is 0 Å². The van der Waals surface area contributed by atoms with Crippen LogP contribution in [0.1, 0.15) is 40.5 Å². The van der Waals surface area contributed by atoms with E-state index in [-0.39, 0.29) is 0 Å². The fraction of sp³-hybridized carbons (Fsp3) is 0.400. The molecule has 3 aliphatic rings. The average molecular weight is 293 g/mol. The molecular weight excluding hydrogens is 270 g/mol. The number of nitrogens with zero attached hydrogens (tertiary/aromatic N) is 1. The Morgan fingerprint density at radius 3 is 2.00 bits per heavy atom. The Labute approximate surface area is 132 Å². The summed E-state index contributed by atoms with van der Waals surface area (Å²) >= 11 is 0. The highest BCUT2D eigenvalue weighted by atomic mass is 16.5. The van der Waals surface area contributed by atoms with E-state index in [0.717, 1.165) is 19.6 Å². The molecule has 0 aromatic heterocycles. The number of ether oxygens (including phenoxy) is 1. The van der Waals surface area contributed by atoms with E-state index in [2.05, 4.69) is 67.5 Å². The van der Waals surface area contributed by atoms with Crippen LogP contribution in [-0.2, 0) is 4.74 Å². The number of rotatable bonds is 4. The number of fused-ring (bicyclic) bond motifs is 1. The highest BCUT2D eigenvalue weighted by molar-refractivity contribution is 5.56. The minimum Gasteiger partial charge on any atom is -0.376 e. The summed E-state index contributed by atoms with van der Waals surface area (Å²) in [7, 11) is 4.20. The van der Waals surface area contributed by atoms with Crippen molar-refractivity contribution in [1.82, 2.24) is 4.90 Å². The minimum absolute atomic E-state index is 0.315. The SMILES string of the molecule is CN(C)CCO[C@H]1CC2c3ccccc3C1c1ccccc12. The predicted molar refractivity (Wildman–Crippen MR) is 89.5 cm³/mol. The molecule has 0 radical (unpaired) electrons. The molecule has 0 saturated heterocycles. The van der Waals surface area contributed by atoms with E-state index in [1.54, 1.807) is 0 Å². The lowest BCUT2D eigenvalue weighted by Gasteiger charge is -2.45. The summed E-state index contributed by atoms with van der Waals surface area (Å²) in [5, 5.41) is 0. The number of benzene rings is 2. The molecule has 0 fully saturated rings. The zero-order valence-electron chi connectivity index (χ0n) is 13.3. The van der Waals surface area contributed by atoms with Gasteiger partial charge in [0.05, 0.1) is 12.7 Å². The lowest BCUT2D eigenvalue weighted by molar-refractivity contribution is 0.0168. The molecule has 0 N–H and O–H groups in total. The van der Waals surface area contributed by atoms with Crippen LogP contribution in [0.15, 0.2) is 48.5 Å². The van der Waals surface area contributed by atoms with Gasteiger partial charge >= 0.3 is 0 Å². The molecule has 2 heteroatoms. The van der Waals surface area contributed by atoms with Gasteiger partial charge in [-0.1, -0.05) is 48.5 Å². The Morgan fingerprint density at radius 1 is 0.909 bits per heavy atom. The summed E-state index contributed by atoms with van der Waals surface area (Å²) in [6.45, 7) is 1.79. The molecule has 2 bridgehead atoms. The molecule has 0 spiro atoms. The monoisotopic (exact) mass is 293 g/mol. The van der Waals surface area contributed by atoms with E-state index in [4.69, 9.17) is 4.74 Å². The van der Waals surface area contributed by atoms with Gasteiger partial charge in [-0.05, 0) is 42.8 Å². The van der Waals surface area contributed by atoms with Crippen LogP contribution < -0.4 is 0 Å². The summed E-state index contributed by atoms with van der Waals surface area (Å²) in [4.78, 5) is 2.18. The third kappa shape index (κ3) is 2.18. The van der Waals surface area contributed by atoms with Crippen LogP contribution in [0.3, 0.4) is 0 Å². The maximum absolute atomic E-state index is 6.30. The molecular formula is C20H23NO. The molecule has 0 saturated carbocycles. The Kier molecular flexibility index (Phi) is 3.51. The second-order valence-electron chi connectivity index (χ2n) is 6.74. The van der Waals surface area contributed by atoms with E-state index in [1.165, 1.54) is 22.3 Å². The van der Waals surface area contributed by atoms with Crippen LogP contribution in [0.4, 0.5) is 0 Å². The smallest absolute Gasteiger partial charge is 0.0694 e. The maximum atomic E-state index is 6.30. The first kappa shape index (κ1) is 14.0. The lowest BCUT2D eigenvalue weighted by atomic mass is 9.62. The Balaban J connectivity index is 1.70. The predicted octanol–water partition coefficient (Wildman–Crippen LogP) is 3.61. The van der Waals surface area contributed by atoms with Crippen LogP contribution in [0.2, 0.25) is 0 Å². The van der Waals surface area contributed by atoms with Gasteiger partial charge in [0.1, 0.15) is 0 Å². The van der Waals surface area contributed by atoms with Crippen molar-refractivity contribution in [3.05, 3.63) is 70.8 Å². The first-order valence-electron chi connectivity index (χ1n) is 8.19. The van der Waals surface area contributed by atoms with Crippen LogP contribution in [0.5, 0.6) is 0 Å². The summed E-state index contributed by atoms with van der Waals surface area (Å²) in [5.41, 5.74) is 5.98. The molecule has 114 valence electrons. The van der Waals surface area contributed by atoms with Gasteiger partial charge in [-0.25, -0.2) is 0 Å². The van der Waals surface area contributed by atoms with Gasteiger partial charge in [0.15, 0.2) is 0 Å². The van der Waals surface area contributed by atoms with Crippen LogP contribution in [0, 0.1) is 0 Å². The second-order valence-corrected chi connectivity index (χ2v) is 6.74. The van der Waals surface area contributed by atoms with Crippen molar-refractivity contribution in [3.63, 3.8) is 0 Å². The first-order chi connectivity index (χ1) is 10.8. The van der Waals surface area contributed by atoms with E-state index in [9.17, 15) is 0 Å². The van der Waals surface area contributed by atoms with Crippen molar-refractivity contribution >= 4 is 0 Å². The molecule has 2 aromatic carbocycles. The average Bonchev–Trinajstić information content (AvgIpc) is 2.55. The maximum Gasteiger partial charge on any atom is 0.0694 e. The second kappa shape index (κ2) is 5.53. The molecule has 0 amide bonds. The largest absolute Gasteiger partial charge is 0.376 e. The molecule has 0 aliphatic heterocycles. The van der Waals surface area contributed by atoms with Gasteiger partial charge < -0.3 is 9.64 Å². The highest BCUT2D eigenvalue weighted by Gasteiger charge is 2.43. The van der Waals surface area contributed by atoms with E-state index >= 15 is 0 Å². The van der Waals surface area contributed by atoms with Crippen molar-refractivity contribution < 1.29 is 4.74 Å². The summed E-state index contributed by atoms with van der Waals surface area (Å²) in [6, 6.07) is 17.9. The third-order valence-electron chi connectivity index (χ3n) is 5.12. The molecule has 2 nitrogen and oxygen atoms in total.